The van der Waals surface area contributed by atoms with Crippen LogP contribution in [0.4, 0.5) is 0 Å². The first kappa shape index (κ1) is 7.72. The van der Waals surface area contributed by atoms with E-state index < -0.39 is 5.97 Å². The summed E-state index contributed by atoms with van der Waals surface area (Å²) in [6, 6.07) is 3.36. The molecule has 0 saturated heterocycles. The van der Waals surface area contributed by atoms with E-state index in [9.17, 15) is 4.79 Å². The fraction of sp³-hybridized carbons (Fsp3) is 0.125. The third kappa shape index (κ3) is 1.05. The van der Waals surface area contributed by atoms with Gasteiger partial charge in [0.05, 0.1) is 5.69 Å². The summed E-state index contributed by atoms with van der Waals surface area (Å²) in [5.74, 6) is -0.972. The van der Waals surface area contributed by atoms with Gasteiger partial charge in [0.2, 0.25) is 0 Å². The Bertz CT molecular complexity index is 475. The molecule has 0 saturated carbocycles. The lowest BCUT2D eigenvalue weighted by Gasteiger charge is -1.90. The van der Waals surface area contributed by atoms with Gasteiger partial charge in [-0.25, -0.2) is 4.79 Å². The van der Waals surface area contributed by atoms with E-state index in [2.05, 4.69) is 10.2 Å². The van der Waals surface area contributed by atoms with Gasteiger partial charge in [0.15, 0.2) is 0 Å². The quantitative estimate of drug-likeness (QED) is 0.697. The van der Waals surface area contributed by atoms with Gasteiger partial charge in [0.1, 0.15) is 11.1 Å². The van der Waals surface area contributed by atoms with Crippen LogP contribution in [0.5, 0.6) is 0 Å². The molecule has 0 fully saturated rings. The average molecular weight is 177 g/mol. The Morgan fingerprint density at radius 1 is 1.62 bits per heavy atom. The number of aryl methyl sites for hydroxylation is 1. The van der Waals surface area contributed by atoms with Crippen LogP contribution >= 0.6 is 0 Å². The predicted octanol–water partition coefficient (Wildman–Crippen LogP) is 0.736. The largest absolute Gasteiger partial charge is 0.478 e. The molecule has 66 valence electrons. The second-order valence-electron chi connectivity index (χ2n) is 2.66. The smallest absolute Gasteiger partial charge is 0.339 e. The van der Waals surface area contributed by atoms with Crippen molar-refractivity contribution in [2.75, 3.05) is 0 Å². The van der Waals surface area contributed by atoms with Gasteiger partial charge in [-0.15, -0.1) is 0 Å². The number of aromatic nitrogens is 3. The van der Waals surface area contributed by atoms with Gasteiger partial charge in [-0.2, -0.15) is 14.8 Å². The molecule has 0 atom stereocenters. The highest BCUT2D eigenvalue weighted by Gasteiger charge is 2.15. The number of aromatic carboxylic acids is 1. The van der Waals surface area contributed by atoms with Crippen LogP contribution in [0.2, 0.25) is 0 Å². The van der Waals surface area contributed by atoms with Crippen LogP contribution in [0, 0.1) is 6.92 Å². The maximum Gasteiger partial charge on any atom is 0.339 e. The number of rotatable bonds is 1. The first-order valence-electron chi connectivity index (χ1n) is 3.74. The minimum Gasteiger partial charge on any atom is -0.478 e. The van der Waals surface area contributed by atoms with Crippen molar-refractivity contribution in [3.8, 4) is 0 Å². The lowest BCUT2D eigenvalue weighted by atomic mass is 10.2. The van der Waals surface area contributed by atoms with Crippen LogP contribution in [0.25, 0.3) is 5.52 Å². The lowest BCUT2D eigenvalue weighted by Crippen LogP contribution is -1.97. The first-order chi connectivity index (χ1) is 6.20. The molecule has 2 rings (SSSR count). The van der Waals surface area contributed by atoms with Crippen molar-refractivity contribution in [1.29, 1.82) is 0 Å². The fourth-order valence-corrected chi connectivity index (χ4v) is 1.27. The van der Waals surface area contributed by atoms with Crippen molar-refractivity contribution in [1.82, 2.24) is 14.8 Å². The summed E-state index contributed by atoms with van der Waals surface area (Å²) in [7, 11) is 0. The summed E-state index contributed by atoms with van der Waals surface area (Å²) in [6.07, 6.45) is 1.56. The Morgan fingerprint density at radius 2 is 2.38 bits per heavy atom. The topological polar surface area (TPSA) is 67.5 Å². The summed E-state index contributed by atoms with van der Waals surface area (Å²) >= 11 is 0. The highest BCUT2D eigenvalue weighted by atomic mass is 16.4. The molecule has 5 nitrogen and oxygen atoms in total. The van der Waals surface area contributed by atoms with Crippen molar-refractivity contribution in [3.63, 3.8) is 0 Å². The summed E-state index contributed by atoms with van der Waals surface area (Å²) < 4.78 is 1.32. The number of hydrogen-bond acceptors (Lipinski definition) is 3. The van der Waals surface area contributed by atoms with E-state index in [1.165, 1.54) is 4.63 Å². The Kier molecular flexibility index (Phi) is 1.51. The molecule has 0 bridgehead atoms. The summed E-state index contributed by atoms with van der Waals surface area (Å²) in [5.41, 5.74) is 1.21. The van der Waals surface area contributed by atoms with Gasteiger partial charge >= 0.3 is 5.97 Å². The number of carboxylic acids is 1. The van der Waals surface area contributed by atoms with Crippen LogP contribution in [0.15, 0.2) is 18.3 Å². The first-order valence-corrected chi connectivity index (χ1v) is 3.74. The predicted molar refractivity (Wildman–Crippen MR) is 44.7 cm³/mol. The molecule has 2 heterocycles. The molecular formula is C8H7N3O2. The van der Waals surface area contributed by atoms with E-state index in [1.807, 2.05) is 0 Å². The number of carboxylic acid groups (broad SMARTS) is 1. The maximum absolute atomic E-state index is 10.8. The van der Waals surface area contributed by atoms with Crippen LogP contribution in [0.1, 0.15) is 16.1 Å². The van der Waals surface area contributed by atoms with E-state index in [1.54, 1.807) is 25.3 Å². The van der Waals surface area contributed by atoms with Gasteiger partial charge in [0, 0.05) is 6.20 Å². The van der Waals surface area contributed by atoms with Gasteiger partial charge in [-0.1, -0.05) is 0 Å². The van der Waals surface area contributed by atoms with Gasteiger partial charge in [0.25, 0.3) is 0 Å². The average Bonchev–Trinajstić information content (AvgIpc) is 2.39. The Morgan fingerprint density at radius 3 is 3.08 bits per heavy atom. The molecular weight excluding hydrogens is 170 g/mol. The highest BCUT2D eigenvalue weighted by molar-refractivity contribution is 5.96. The monoisotopic (exact) mass is 177 g/mol. The molecule has 0 aliphatic carbocycles. The molecule has 0 aliphatic rings. The van der Waals surface area contributed by atoms with Gasteiger partial charge in [-0.3, -0.25) is 0 Å². The van der Waals surface area contributed by atoms with E-state index in [0.717, 1.165) is 0 Å². The van der Waals surface area contributed by atoms with E-state index in [4.69, 9.17) is 5.11 Å². The van der Waals surface area contributed by atoms with Gasteiger partial charge in [-0.05, 0) is 19.1 Å². The number of hydrogen-bond donors (Lipinski definition) is 1. The van der Waals surface area contributed by atoms with Crippen LogP contribution < -0.4 is 0 Å². The van der Waals surface area contributed by atoms with Gasteiger partial charge < -0.3 is 5.11 Å². The van der Waals surface area contributed by atoms with Crippen molar-refractivity contribution >= 4 is 11.5 Å². The number of fused-ring (bicyclic) bond motifs is 1. The third-order valence-corrected chi connectivity index (χ3v) is 1.81. The van der Waals surface area contributed by atoms with E-state index >= 15 is 0 Å². The maximum atomic E-state index is 10.8. The Hall–Kier alpha value is -1.91. The van der Waals surface area contributed by atoms with Crippen LogP contribution in [-0.4, -0.2) is 25.9 Å². The number of nitrogens with zero attached hydrogens (tertiary/aromatic N) is 3. The summed E-state index contributed by atoms with van der Waals surface area (Å²) in [6.45, 7) is 1.65. The Labute approximate surface area is 73.6 Å². The molecule has 0 unspecified atom stereocenters. The molecule has 0 amide bonds. The van der Waals surface area contributed by atoms with Crippen molar-refractivity contribution < 1.29 is 9.90 Å². The van der Waals surface area contributed by atoms with Crippen LogP contribution in [0.3, 0.4) is 0 Å². The zero-order valence-corrected chi connectivity index (χ0v) is 6.93. The lowest BCUT2D eigenvalue weighted by molar-refractivity contribution is 0.0698. The molecule has 0 spiro atoms. The molecule has 0 aromatic carbocycles. The van der Waals surface area contributed by atoms with Crippen molar-refractivity contribution in [2.24, 2.45) is 0 Å². The Balaban J connectivity index is 2.86. The normalized spacial score (nSPS) is 10.5. The van der Waals surface area contributed by atoms with E-state index in [-0.39, 0.29) is 5.56 Å². The van der Waals surface area contributed by atoms with Crippen LogP contribution in [-0.2, 0) is 0 Å². The molecule has 0 radical (unpaired) electrons. The number of carbonyl (C=O) groups is 1. The molecule has 2 aromatic rings. The minimum absolute atomic E-state index is 0.216. The standard InChI is InChI=1S/C8H7N3O2/c1-5-7(8(12)13)6-3-2-4-9-11(6)10-5/h2-4H,1H3,(H,12,13). The zero-order chi connectivity index (χ0) is 9.42. The third-order valence-electron chi connectivity index (χ3n) is 1.81. The molecule has 0 aliphatic heterocycles. The molecule has 5 heteroatoms. The SMILES string of the molecule is Cc1nn2ncccc2c1C(=O)O. The fourth-order valence-electron chi connectivity index (χ4n) is 1.27. The molecule has 13 heavy (non-hydrogen) atoms. The van der Waals surface area contributed by atoms with Crippen molar-refractivity contribution in [3.05, 3.63) is 29.6 Å². The highest BCUT2D eigenvalue weighted by Crippen LogP contribution is 2.12. The second kappa shape index (κ2) is 2.55. The summed E-state index contributed by atoms with van der Waals surface area (Å²) in [4.78, 5) is 10.8. The zero-order valence-electron chi connectivity index (χ0n) is 6.93. The molecule has 2 aromatic heterocycles. The molecule has 1 N–H and O–H groups in total. The second-order valence-corrected chi connectivity index (χ2v) is 2.66. The van der Waals surface area contributed by atoms with E-state index in [0.29, 0.717) is 11.2 Å². The minimum atomic E-state index is -0.972. The summed E-state index contributed by atoms with van der Waals surface area (Å²) in [5, 5.41) is 16.7. The van der Waals surface area contributed by atoms with Crippen molar-refractivity contribution in [2.45, 2.75) is 6.92 Å².